The van der Waals surface area contributed by atoms with Gasteiger partial charge in [0.05, 0.1) is 4.91 Å². The minimum absolute atomic E-state index is 0.250. The van der Waals surface area contributed by atoms with Crippen molar-refractivity contribution < 1.29 is 19.1 Å². The molecule has 1 heterocycles. The van der Waals surface area contributed by atoms with E-state index in [2.05, 4.69) is 0 Å². The fourth-order valence-electron chi connectivity index (χ4n) is 1.72. The molecule has 2 amide bonds. The summed E-state index contributed by atoms with van der Waals surface area (Å²) in [7, 11) is 0. The molecule has 104 valence electrons. The molecule has 0 spiro atoms. The molecule has 0 aromatic heterocycles. The number of hydrogen-bond acceptors (Lipinski definition) is 5. The van der Waals surface area contributed by atoms with E-state index in [9.17, 15) is 14.4 Å². The number of likely N-dealkylation sites (N-methyl/N-ethyl adjacent to an activating group) is 1. The Morgan fingerprint density at radius 2 is 1.95 bits per heavy atom. The molecule has 20 heavy (non-hydrogen) atoms. The highest BCUT2D eigenvalue weighted by atomic mass is 32.2. The summed E-state index contributed by atoms with van der Waals surface area (Å²) in [5.41, 5.74) is 0.766. The van der Waals surface area contributed by atoms with E-state index in [4.69, 9.17) is 4.74 Å². The first-order valence-corrected chi connectivity index (χ1v) is 6.86. The van der Waals surface area contributed by atoms with Crippen LogP contribution in [0.25, 0.3) is 6.08 Å². The predicted octanol–water partition coefficient (Wildman–Crippen LogP) is 2.67. The van der Waals surface area contributed by atoms with E-state index in [-0.39, 0.29) is 17.1 Å². The van der Waals surface area contributed by atoms with Crippen molar-refractivity contribution in [2.45, 2.75) is 13.8 Å². The van der Waals surface area contributed by atoms with Crippen molar-refractivity contribution in [3.8, 4) is 5.75 Å². The van der Waals surface area contributed by atoms with Crippen molar-refractivity contribution in [1.82, 2.24) is 4.90 Å². The van der Waals surface area contributed by atoms with E-state index in [0.29, 0.717) is 17.2 Å². The monoisotopic (exact) mass is 291 g/mol. The third-order valence-corrected chi connectivity index (χ3v) is 3.54. The van der Waals surface area contributed by atoms with Crippen LogP contribution in [0.1, 0.15) is 19.4 Å². The molecule has 0 saturated carbocycles. The molecular formula is C14H13NO4S. The van der Waals surface area contributed by atoms with Crippen molar-refractivity contribution in [3.05, 3.63) is 34.7 Å². The Morgan fingerprint density at radius 3 is 2.45 bits per heavy atom. The fraction of sp³-hybridized carbons (Fsp3) is 0.214. The number of amides is 2. The van der Waals surface area contributed by atoms with Crippen LogP contribution >= 0.6 is 11.8 Å². The molecule has 5 nitrogen and oxygen atoms in total. The Hall–Kier alpha value is -2.08. The Kier molecular flexibility index (Phi) is 4.24. The number of hydrogen-bond donors (Lipinski definition) is 0. The Bertz CT molecular complexity index is 592. The van der Waals surface area contributed by atoms with Crippen LogP contribution in [0, 0.1) is 0 Å². The zero-order chi connectivity index (χ0) is 14.7. The second kappa shape index (κ2) is 5.92. The van der Waals surface area contributed by atoms with Gasteiger partial charge in [-0.3, -0.25) is 19.3 Å². The molecule has 1 aliphatic rings. The summed E-state index contributed by atoms with van der Waals surface area (Å²) in [4.78, 5) is 35.9. The molecular weight excluding hydrogens is 278 g/mol. The van der Waals surface area contributed by atoms with E-state index >= 15 is 0 Å². The molecule has 2 rings (SSSR count). The van der Waals surface area contributed by atoms with Crippen LogP contribution in [0.15, 0.2) is 29.2 Å². The number of imide groups is 1. The van der Waals surface area contributed by atoms with E-state index in [1.54, 1.807) is 37.3 Å². The van der Waals surface area contributed by atoms with Crippen LogP contribution < -0.4 is 4.74 Å². The maximum absolute atomic E-state index is 11.9. The first kappa shape index (κ1) is 14.3. The van der Waals surface area contributed by atoms with Crippen molar-refractivity contribution >= 4 is 35.0 Å². The Balaban J connectivity index is 2.17. The molecule has 0 N–H and O–H groups in total. The first-order valence-electron chi connectivity index (χ1n) is 6.05. The summed E-state index contributed by atoms with van der Waals surface area (Å²) >= 11 is 0.929. The third kappa shape index (κ3) is 3.08. The van der Waals surface area contributed by atoms with Crippen LogP contribution in [-0.4, -0.2) is 28.6 Å². The molecule has 6 heteroatoms. The fourth-order valence-corrected chi connectivity index (χ4v) is 2.62. The summed E-state index contributed by atoms with van der Waals surface area (Å²) in [6.45, 7) is 3.45. The van der Waals surface area contributed by atoms with E-state index in [0.717, 1.165) is 17.3 Å². The van der Waals surface area contributed by atoms with Crippen LogP contribution in [0.2, 0.25) is 0 Å². The largest absolute Gasteiger partial charge is 0.427 e. The van der Waals surface area contributed by atoms with Gasteiger partial charge in [0.2, 0.25) is 0 Å². The van der Waals surface area contributed by atoms with Gasteiger partial charge in [-0.2, -0.15) is 0 Å². The molecule has 1 aromatic carbocycles. The highest BCUT2D eigenvalue weighted by Gasteiger charge is 2.33. The second-order valence-corrected chi connectivity index (χ2v) is 5.08. The normalized spacial score (nSPS) is 16.9. The van der Waals surface area contributed by atoms with Crippen LogP contribution in [0.5, 0.6) is 5.75 Å². The summed E-state index contributed by atoms with van der Waals surface area (Å²) < 4.78 is 4.92. The zero-order valence-electron chi connectivity index (χ0n) is 11.1. The van der Waals surface area contributed by atoms with Crippen molar-refractivity contribution in [2.75, 3.05) is 6.54 Å². The maximum atomic E-state index is 11.9. The molecule has 1 saturated heterocycles. The van der Waals surface area contributed by atoms with Gasteiger partial charge in [0.1, 0.15) is 5.75 Å². The average Bonchev–Trinajstić information content (AvgIpc) is 2.66. The first-order chi connectivity index (χ1) is 9.51. The Morgan fingerprint density at radius 1 is 1.30 bits per heavy atom. The van der Waals surface area contributed by atoms with Gasteiger partial charge in [-0.15, -0.1) is 0 Å². The van der Waals surface area contributed by atoms with Crippen LogP contribution in [0.3, 0.4) is 0 Å². The number of rotatable bonds is 3. The maximum Gasteiger partial charge on any atom is 0.308 e. The van der Waals surface area contributed by atoms with E-state index < -0.39 is 0 Å². The van der Waals surface area contributed by atoms with Gasteiger partial charge in [-0.25, -0.2) is 0 Å². The lowest BCUT2D eigenvalue weighted by molar-refractivity contribution is -0.131. The number of benzene rings is 1. The van der Waals surface area contributed by atoms with Gasteiger partial charge in [0, 0.05) is 13.5 Å². The smallest absolute Gasteiger partial charge is 0.308 e. The summed E-state index contributed by atoms with van der Waals surface area (Å²) in [5.74, 6) is -0.218. The minimum atomic E-state index is -0.387. The highest BCUT2D eigenvalue weighted by Crippen LogP contribution is 2.32. The summed E-state index contributed by atoms with van der Waals surface area (Å²) in [6, 6.07) is 6.71. The molecule has 0 bridgehead atoms. The molecule has 1 fully saturated rings. The SMILES string of the molecule is CCN1C(=O)S/C(=C/c2ccc(OC(C)=O)cc2)C1=O. The summed E-state index contributed by atoms with van der Waals surface area (Å²) in [6.07, 6.45) is 1.65. The van der Waals surface area contributed by atoms with Gasteiger partial charge in [-0.05, 0) is 42.5 Å². The molecule has 1 aliphatic heterocycles. The molecule has 0 atom stereocenters. The highest BCUT2D eigenvalue weighted by molar-refractivity contribution is 8.18. The molecule has 1 aromatic rings. The number of carbonyl (C=O) groups is 3. The lowest BCUT2D eigenvalue weighted by atomic mass is 10.2. The van der Waals surface area contributed by atoms with E-state index in [1.807, 2.05) is 0 Å². The lowest BCUT2D eigenvalue weighted by Crippen LogP contribution is -2.27. The molecule has 0 unspecified atom stereocenters. The predicted molar refractivity (Wildman–Crippen MR) is 76.1 cm³/mol. The van der Waals surface area contributed by atoms with Gasteiger partial charge in [0.15, 0.2) is 0 Å². The topological polar surface area (TPSA) is 63.7 Å². The third-order valence-electron chi connectivity index (χ3n) is 2.63. The van der Waals surface area contributed by atoms with Crippen LogP contribution in [-0.2, 0) is 9.59 Å². The van der Waals surface area contributed by atoms with Crippen molar-refractivity contribution in [2.24, 2.45) is 0 Å². The van der Waals surface area contributed by atoms with Gasteiger partial charge in [-0.1, -0.05) is 12.1 Å². The van der Waals surface area contributed by atoms with Gasteiger partial charge >= 0.3 is 5.97 Å². The van der Waals surface area contributed by atoms with Gasteiger partial charge in [0.25, 0.3) is 11.1 Å². The molecule has 0 aliphatic carbocycles. The minimum Gasteiger partial charge on any atom is -0.427 e. The van der Waals surface area contributed by atoms with Gasteiger partial charge < -0.3 is 4.74 Å². The number of ether oxygens (including phenoxy) is 1. The van der Waals surface area contributed by atoms with Crippen LogP contribution in [0.4, 0.5) is 4.79 Å². The number of nitrogens with zero attached hydrogens (tertiary/aromatic N) is 1. The lowest BCUT2D eigenvalue weighted by Gasteiger charge is -2.07. The number of esters is 1. The van der Waals surface area contributed by atoms with E-state index in [1.165, 1.54) is 11.8 Å². The number of thioether (sulfide) groups is 1. The summed E-state index contributed by atoms with van der Waals surface area (Å²) in [5, 5.41) is -0.250. The number of carbonyl (C=O) groups excluding carboxylic acids is 3. The Labute approximate surface area is 120 Å². The second-order valence-electron chi connectivity index (χ2n) is 4.09. The molecule has 0 radical (unpaired) electrons. The average molecular weight is 291 g/mol. The standard InChI is InChI=1S/C14H13NO4S/c1-3-15-13(17)12(20-14(15)18)8-10-4-6-11(7-5-10)19-9(2)16/h4-8H,3H2,1-2H3/b12-8+. The van der Waals surface area contributed by atoms with Crippen molar-refractivity contribution in [1.29, 1.82) is 0 Å². The zero-order valence-corrected chi connectivity index (χ0v) is 11.9. The quantitative estimate of drug-likeness (QED) is 0.486. The van der Waals surface area contributed by atoms with Crippen molar-refractivity contribution in [3.63, 3.8) is 0 Å².